The van der Waals surface area contributed by atoms with Gasteiger partial charge in [0.25, 0.3) is 11.8 Å². The van der Waals surface area contributed by atoms with Crippen LogP contribution >= 0.6 is 23.6 Å². The molecule has 1 saturated heterocycles. The summed E-state index contributed by atoms with van der Waals surface area (Å²) in [5, 5.41) is 4.82. The predicted molar refractivity (Wildman–Crippen MR) is 141 cm³/mol. The molecular weight excluding hydrogens is 483 g/mol. The van der Waals surface area contributed by atoms with E-state index in [0.29, 0.717) is 27.5 Å². The first-order chi connectivity index (χ1) is 16.6. The largest absolute Gasteiger partial charge is 0.347 e. The third kappa shape index (κ3) is 4.31. The van der Waals surface area contributed by atoms with Gasteiger partial charge in [-0.15, -0.1) is 11.3 Å². The van der Waals surface area contributed by atoms with E-state index < -0.39 is 11.4 Å². The number of rotatable bonds is 5. The summed E-state index contributed by atoms with van der Waals surface area (Å²) in [6.07, 6.45) is 0. The standard InChI is InChI=1S/C26H23FN4O2S2/c1-15-10-11-35-22(15)23(32)29-14-17-6-7-19(13-20(17)27)31-25(34)30(24(33)26(31,3)4)18-8-9-21(28-5)16(2)12-18/h6-13H,14H2,1-4H3,(H,29,32). The number of thiocarbonyl (C=S) groups is 1. The van der Waals surface area contributed by atoms with Gasteiger partial charge in [-0.2, -0.15) is 0 Å². The lowest BCUT2D eigenvalue weighted by atomic mass is 10.0. The molecule has 1 fully saturated rings. The molecule has 1 aliphatic heterocycles. The minimum absolute atomic E-state index is 0.0356. The number of anilines is 2. The maximum Gasteiger partial charge on any atom is 0.261 e. The molecule has 2 amide bonds. The van der Waals surface area contributed by atoms with Gasteiger partial charge in [0.15, 0.2) is 10.8 Å². The molecule has 6 nitrogen and oxygen atoms in total. The first-order valence-electron chi connectivity index (χ1n) is 10.8. The Morgan fingerprint density at radius 2 is 1.86 bits per heavy atom. The fraction of sp³-hybridized carbons (Fsp3) is 0.231. The third-order valence-corrected chi connectivity index (χ3v) is 7.41. The second kappa shape index (κ2) is 9.21. The van der Waals surface area contributed by atoms with Crippen molar-refractivity contribution < 1.29 is 14.0 Å². The number of halogens is 1. The molecule has 1 N–H and O–H groups in total. The molecule has 4 rings (SSSR count). The van der Waals surface area contributed by atoms with Gasteiger partial charge in [-0.1, -0.05) is 12.1 Å². The van der Waals surface area contributed by atoms with Crippen LogP contribution in [0.25, 0.3) is 4.85 Å². The zero-order valence-corrected chi connectivity index (χ0v) is 21.3. The smallest absolute Gasteiger partial charge is 0.261 e. The Hall–Kier alpha value is -3.61. The van der Waals surface area contributed by atoms with Crippen molar-refractivity contribution in [3.05, 3.63) is 86.6 Å². The molecule has 0 saturated carbocycles. The summed E-state index contributed by atoms with van der Waals surface area (Å²) in [5.41, 5.74) is 2.38. The molecule has 0 unspecified atom stereocenters. The molecule has 1 aromatic heterocycles. The minimum Gasteiger partial charge on any atom is -0.347 e. The van der Waals surface area contributed by atoms with Gasteiger partial charge >= 0.3 is 0 Å². The molecule has 3 aromatic rings. The van der Waals surface area contributed by atoms with E-state index in [-0.39, 0.29) is 23.5 Å². The molecule has 0 bridgehead atoms. The summed E-state index contributed by atoms with van der Waals surface area (Å²) in [5.74, 6) is -1.00. The number of carbonyl (C=O) groups is 2. The summed E-state index contributed by atoms with van der Waals surface area (Å²) in [4.78, 5) is 32.8. The van der Waals surface area contributed by atoms with Gasteiger partial charge in [0.05, 0.1) is 11.4 Å². The Balaban J connectivity index is 1.59. The van der Waals surface area contributed by atoms with E-state index in [0.717, 1.165) is 11.1 Å². The Morgan fingerprint density at radius 1 is 1.14 bits per heavy atom. The molecule has 2 aromatic carbocycles. The number of amides is 2. The van der Waals surface area contributed by atoms with Crippen LogP contribution in [0.4, 0.5) is 21.5 Å². The minimum atomic E-state index is -1.05. The molecule has 0 spiro atoms. The number of carbonyl (C=O) groups excluding carboxylic acids is 2. The maximum atomic E-state index is 15.1. The van der Waals surface area contributed by atoms with Crippen LogP contribution in [0.2, 0.25) is 0 Å². The first kappa shape index (κ1) is 24.5. The van der Waals surface area contributed by atoms with Gasteiger partial charge < -0.3 is 10.2 Å². The van der Waals surface area contributed by atoms with Crippen molar-refractivity contribution in [1.82, 2.24) is 5.32 Å². The summed E-state index contributed by atoms with van der Waals surface area (Å²) in [6, 6.07) is 11.6. The predicted octanol–water partition coefficient (Wildman–Crippen LogP) is 5.90. The molecule has 2 heterocycles. The molecule has 0 aliphatic carbocycles. The van der Waals surface area contributed by atoms with E-state index in [1.807, 2.05) is 18.4 Å². The van der Waals surface area contributed by atoms with Gasteiger partial charge in [-0.3, -0.25) is 14.5 Å². The van der Waals surface area contributed by atoms with Crippen LogP contribution in [0.1, 0.15) is 40.2 Å². The first-order valence-corrected chi connectivity index (χ1v) is 12.1. The molecule has 0 atom stereocenters. The number of hydrogen-bond donors (Lipinski definition) is 1. The SMILES string of the molecule is [C-]#[N+]c1ccc(N2C(=O)C(C)(C)N(c3ccc(CNC(=O)c4sccc4C)c(F)c3)C2=S)cc1C. The van der Waals surface area contributed by atoms with Crippen LogP contribution in [-0.2, 0) is 11.3 Å². The third-order valence-electron chi connectivity index (χ3n) is 6.03. The lowest BCUT2D eigenvalue weighted by molar-refractivity contribution is -0.120. The highest BCUT2D eigenvalue weighted by Gasteiger charge is 2.50. The van der Waals surface area contributed by atoms with E-state index in [9.17, 15) is 9.59 Å². The fourth-order valence-corrected chi connectivity index (χ4v) is 5.40. The summed E-state index contributed by atoms with van der Waals surface area (Å²) < 4.78 is 15.1. The zero-order valence-electron chi connectivity index (χ0n) is 19.7. The average molecular weight is 507 g/mol. The normalized spacial score (nSPS) is 14.9. The highest BCUT2D eigenvalue weighted by Crippen LogP contribution is 2.38. The number of benzene rings is 2. The second-order valence-corrected chi connectivity index (χ2v) is 10.1. The van der Waals surface area contributed by atoms with Crippen LogP contribution in [0, 0.1) is 26.2 Å². The lowest BCUT2D eigenvalue weighted by Crippen LogP contribution is -2.44. The molecule has 0 radical (unpaired) electrons. The average Bonchev–Trinajstić information content (AvgIpc) is 3.31. The lowest BCUT2D eigenvalue weighted by Gasteiger charge is -2.29. The van der Waals surface area contributed by atoms with Crippen molar-refractivity contribution in [3.8, 4) is 0 Å². The highest BCUT2D eigenvalue weighted by molar-refractivity contribution is 7.81. The van der Waals surface area contributed by atoms with Crippen molar-refractivity contribution in [2.75, 3.05) is 9.80 Å². The summed E-state index contributed by atoms with van der Waals surface area (Å²) in [6.45, 7) is 14.4. The highest BCUT2D eigenvalue weighted by atomic mass is 32.1. The van der Waals surface area contributed by atoms with Crippen LogP contribution in [0.3, 0.4) is 0 Å². The van der Waals surface area contributed by atoms with Gasteiger partial charge in [0, 0.05) is 23.5 Å². The van der Waals surface area contributed by atoms with Gasteiger partial charge in [0.2, 0.25) is 0 Å². The van der Waals surface area contributed by atoms with E-state index in [1.54, 1.807) is 56.0 Å². The van der Waals surface area contributed by atoms with Crippen molar-refractivity contribution >= 4 is 57.5 Å². The monoisotopic (exact) mass is 506 g/mol. The van der Waals surface area contributed by atoms with Crippen LogP contribution < -0.4 is 15.1 Å². The van der Waals surface area contributed by atoms with Gasteiger partial charge in [-0.05, 0) is 86.8 Å². The molecule has 9 heteroatoms. The quantitative estimate of drug-likeness (QED) is 0.346. The van der Waals surface area contributed by atoms with Crippen molar-refractivity contribution in [2.45, 2.75) is 39.8 Å². The fourth-order valence-electron chi connectivity index (χ4n) is 4.04. The van der Waals surface area contributed by atoms with E-state index in [2.05, 4.69) is 10.2 Å². The molecule has 178 valence electrons. The topological polar surface area (TPSA) is 57.0 Å². The summed E-state index contributed by atoms with van der Waals surface area (Å²) in [7, 11) is 0. The van der Waals surface area contributed by atoms with Crippen molar-refractivity contribution in [1.29, 1.82) is 0 Å². The Morgan fingerprint density at radius 3 is 2.46 bits per heavy atom. The number of nitrogens with zero attached hydrogens (tertiary/aromatic N) is 3. The molecule has 1 aliphatic rings. The van der Waals surface area contributed by atoms with Gasteiger partial charge in [-0.25, -0.2) is 9.24 Å². The van der Waals surface area contributed by atoms with Crippen molar-refractivity contribution in [3.63, 3.8) is 0 Å². The zero-order chi connectivity index (χ0) is 25.5. The van der Waals surface area contributed by atoms with Crippen molar-refractivity contribution in [2.24, 2.45) is 0 Å². The van der Waals surface area contributed by atoms with Crippen LogP contribution in [-0.4, -0.2) is 22.5 Å². The van der Waals surface area contributed by atoms with E-state index >= 15 is 4.39 Å². The summed E-state index contributed by atoms with van der Waals surface area (Å²) >= 11 is 7.01. The van der Waals surface area contributed by atoms with Crippen LogP contribution in [0.5, 0.6) is 0 Å². The van der Waals surface area contributed by atoms with Crippen LogP contribution in [0.15, 0.2) is 47.8 Å². The molecule has 35 heavy (non-hydrogen) atoms. The Labute approximate surface area is 212 Å². The number of hydrogen-bond acceptors (Lipinski definition) is 4. The Bertz CT molecular complexity index is 1410. The van der Waals surface area contributed by atoms with E-state index in [1.165, 1.54) is 22.3 Å². The molecular formula is C26H23FN4O2S2. The number of aryl methyl sites for hydroxylation is 2. The maximum absolute atomic E-state index is 15.1. The Kier molecular flexibility index (Phi) is 6.45. The number of nitrogens with one attached hydrogen (secondary N) is 1. The second-order valence-electron chi connectivity index (χ2n) is 8.79. The number of thiophene rings is 1. The van der Waals surface area contributed by atoms with E-state index in [4.69, 9.17) is 18.8 Å². The van der Waals surface area contributed by atoms with Gasteiger partial charge in [0.1, 0.15) is 11.4 Å².